The summed E-state index contributed by atoms with van der Waals surface area (Å²) in [6.07, 6.45) is 1.42. The second kappa shape index (κ2) is 7.75. The highest BCUT2D eigenvalue weighted by atomic mass is 16.5. The number of hydrogen-bond donors (Lipinski definition) is 0. The molecule has 0 spiro atoms. The lowest BCUT2D eigenvalue weighted by Crippen LogP contribution is -2.40. The quantitative estimate of drug-likeness (QED) is 0.686. The van der Waals surface area contributed by atoms with E-state index in [-0.39, 0.29) is 17.8 Å². The number of morpholine rings is 1. The first kappa shape index (κ1) is 16.2. The minimum atomic E-state index is -0.116. The van der Waals surface area contributed by atoms with E-state index in [1.165, 1.54) is 7.11 Å². The molecule has 0 aliphatic carbocycles. The molecule has 6 nitrogen and oxygen atoms in total. The molecule has 0 N–H and O–H groups in total. The highest BCUT2D eigenvalue weighted by molar-refractivity contribution is 5.76. The van der Waals surface area contributed by atoms with Crippen LogP contribution in [0.3, 0.4) is 0 Å². The van der Waals surface area contributed by atoms with Crippen molar-refractivity contribution in [2.45, 2.75) is 19.8 Å². The minimum absolute atomic E-state index is 0.0232. The molecular weight excluding hydrogens is 272 g/mol. The van der Waals surface area contributed by atoms with Gasteiger partial charge in [-0.3, -0.25) is 9.59 Å². The number of likely N-dealkylation sites (tertiary alicyclic amines) is 1. The molecule has 2 atom stereocenters. The first-order valence-electron chi connectivity index (χ1n) is 7.77. The predicted molar refractivity (Wildman–Crippen MR) is 77.7 cm³/mol. The zero-order valence-corrected chi connectivity index (χ0v) is 13.0. The van der Waals surface area contributed by atoms with Gasteiger partial charge in [-0.2, -0.15) is 0 Å². The molecular formula is C15H26N2O4. The van der Waals surface area contributed by atoms with E-state index in [4.69, 9.17) is 9.47 Å². The van der Waals surface area contributed by atoms with E-state index >= 15 is 0 Å². The van der Waals surface area contributed by atoms with E-state index in [1.54, 1.807) is 0 Å². The van der Waals surface area contributed by atoms with E-state index in [0.717, 1.165) is 26.1 Å². The summed E-state index contributed by atoms with van der Waals surface area (Å²) in [5.41, 5.74) is 0. The van der Waals surface area contributed by atoms with Gasteiger partial charge >= 0.3 is 5.97 Å². The molecule has 0 radical (unpaired) electrons. The molecule has 6 heteroatoms. The van der Waals surface area contributed by atoms with Crippen molar-refractivity contribution in [1.29, 1.82) is 0 Å². The lowest BCUT2D eigenvalue weighted by molar-refractivity contribution is -0.146. The third-order valence-electron chi connectivity index (χ3n) is 4.42. The largest absolute Gasteiger partial charge is 0.469 e. The van der Waals surface area contributed by atoms with Crippen LogP contribution < -0.4 is 0 Å². The van der Waals surface area contributed by atoms with Crippen molar-refractivity contribution in [3.8, 4) is 0 Å². The van der Waals surface area contributed by atoms with Gasteiger partial charge in [-0.1, -0.05) is 6.92 Å². The van der Waals surface area contributed by atoms with Crippen LogP contribution in [0.5, 0.6) is 0 Å². The van der Waals surface area contributed by atoms with Gasteiger partial charge in [-0.25, -0.2) is 0 Å². The Morgan fingerprint density at radius 3 is 2.62 bits per heavy atom. The van der Waals surface area contributed by atoms with Crippen molar-refractivity contribution in [1.82, 2.24) is 9.80 Å². The van der Waals surface area contributed by atoms with Crippen LogP contribution in [0.2, 0.25) is 0 Å². The fraction of sp³-hybridized carbons (Fsp3) is 0.867. The summed E-state index contributed by atoms with van der Waals surface area (Å²) in [4.78, 5) is 27.8. The van der Waals surface area contributed by atoms with Gasteiger partial charge in [0.05, 0.1) is 26.2 Å². The first-order chi connectivity index (χ1) is 10.1. The van der Waals surface area contributed by atoms with E-state index in [9.17, 15) is 9.59 Å². The number of esters is 1. The molecule has 2 rings (SSSR count). The van der Waals surface area contributed by atoms with Crippen LogP contribution in [-0.2, 0) is 19.1 Å². The highest BCUT2D eigenvalue weighted by Gasteiger charge is 2.35. The third kappa shape index (κ3) is 4.41. The van der Waals surface area contributed by atoms with Crippen molar-refractivity contribution in [2.75, 3.05) is 53.0 Å². The average molecular weight is 298 g/mol. The van der Waals surface area contributed by atoms with Crippen LogP contribution in [0.1, 0.15) is 19.8 Å². The van der Waals surface area contributed by atoms with Gasteiger partial charge in [0.15, 0.2) is 0 Å². The Bertz CT molecular complexity index is 369. The van der Waals surface area contributed by atoms with E-state index in [1.807, 2.05) is 4.90 Å². The molecule has 21 heavy (non-hydrogen) atoms. The minimum Gasteiger partial charge on any atom is -0.469 e. The van der Waals surface area contributed by atoms with Gasteiger partial charge in [0.25, 0.3) is 0 Å². The Hall–Kier alpha value is -1.14. The molecule has 0 aromatic rings. The molecule has 0 aromatic carbocycles. The fourth-order valence-corrected chi connectivity index (χ4v) is 3.13. The molecule has 2 saturated heterocycles. The van der Waals surface area contributed by atoms with Crippen LogP contribution in [-0.4, -0.2) is 74.7 Å². The van der Waals surface area contributed by atoms with Crippen LogP contribution in [0.15, 0.2) is 0 Å². The smallest absolute Gasteiger partial charge is 0.310 e. The maximum Gasteiger partial charge on any atom is 0.310 e. The second-order valence-electron chi connectivity index (χ2n) is 5.96. The average Bonchev–Trinajstić information content (AvgIpc) is 2.88. The molecule has 0 bridgehead atoms. The first-order valence-corrected chi connectivity index (χ1v) is 7.77. The summed E-state index contributed by atoms with van der Waals surface area (Å²) in [6, 6.07) is 0. The summed E-state index contributed by atoms with van der Waals surface area (Å²) in [6.45, 7) is 7.33. The Labute approximate surface area is 126 Å². The molecule has 120 valence electrons. The highest BCUT2D eigenvalue weighted by Crippen LogP contribution is 2.24. The van der Waals surface area contributed by atoms with Crippen molar-refractivity contribution in [2.24, 2.45) is 11.8 Å². The van der Waals surface area contributed by atoms with Gasteiger partial charge in [-0.05, 0) is 18.9 Å². The van der Waals surface area contributed by atoms with E-state index in [2.05, 4.69) is 11.8 Å². The Kier molecular flexibility index (Phi) is 5.99. The zero-order chi connectivity index (χ0) is 15.2. The van der Waals surface area contributed by atoms with Crippen molar-refractivity contribution >= 4 is 11.9 Å². The predicted octanol–water partition coefficient (Wildman–Crippen LogP) is 0.366. The number of hydrogen-bond acceptors (Lipinski definition) is 5. The Morgan fingerprint density at radius 1 is 1.24 bits per heavy atom. The van der Waals surface area contributed by atoms with Crippen LogP contribution in [0, 0.1) is 11.8 Å². The summed E-state index contributed by atoms with van der Waals surface area (Å²) >= 11 is 0. The van der Waals surface area contributed by atoms with Gasteiger partial charge in [0.2, 0.25) is 5.91 Å². The van der Waals surface area contributed by atoms with Crippen LogP contribution >= 0.6 is 0 Å². The Morgan fingerprint density at radius 2 is 1.95 bits per heavy atom. The third-order valence-corrected chi connectivity index (χ3v) is 4.42. The van der Waals surface area contributed by atoms with E-state index < -0.39 is 0 Å². The van der Waals surface area contributed by atoms with Crippen molar-refractivity contribution in [3.05, 3.63) is 0 Å². The standard InChI is InChI=1S/C15H26N2O4/c1-12-10-16(11-13(12)15(19)20-2)5-3-4-14(18)17-6-8-21-9-7-17/h12-13H,3-11H2,1-2H3. The van der Waals surface area contributed by atoms with E-state index in [0.29, 0.717) is 38.6 Å². The lowest BCUT2D eigenvalue weighted by Gasteiger charge is -2.27. The normalized spacial score (nSPS) is 26.9. The molecule has 2 aliphatic heterocycles. The fourth-order valence-electron chi connectivity index (χ4n) is 3.13. The maximum absolute atomic E-state index is 12.0. The van der Waals surface area contributed by atoms with Gasteiger partial charge < -0.3 is 19.3 Å². The Balaban J connectivity index is 1.67. The number of carbonyl (C=O) groups is 2. The number of ether oxygens (including phenoxy) is 2. The summed E-state index contributed by atoms with van der Waals surface area (Å²) in [5, 5.41) is 0. The summed E-state index contributed by atoms with van der Waals surface area (Å²) in [5.74, 6) is 0.404. The van der Waals surface area contributed by atoms with Crippen LogP contribution in [0.4, 0.5) is 0 Å². The van der Waals surface area contributed by atoms with Crippen LogP contribution in [0.25, 0.3) is 0 Å². The molecule has 2 unspecified atom stereocenters. The number of methoxy groups -OCH3 is 1. The van der Waals surface area contributed by atoms with Crippen molar-refractivity contribution in [3.63, 3.8) is 0 Å². The monoisotopic (exact) mass is 298 g/mol. The zero-order valence-electron chi connectivity index (χ0n) is 13.0. The van der Waals surface area contributed by atoms with Crippen molar-refractivity contribution < 1.29 is 19.1 Å². The molecule has 2 aliphatic rings. The molecule has 0 saturated carbocycles. The number of carbonyl (C=O) groups excluding carboxylic acids is 2. The number of rotatable bonds is 5. The second-order valence-corrected chi connectivity index (χ2v) is 5.96. The van der Waals surface area contributed by atoms with Gasteiger partial charge in [0, 0.05) is 32.6 Å². The molecule has 1 amide bonds. The lowest BCUT2D eigenvalue weighted by atomic mass is 9.99. The van der Waals surface area contributed by atoms with Gasteiger partial charge in [-0.15, -0.1) is 0 Å². The number of amides is 1. The maximum atomic E-state index is 12.0. The molecule has 2 heterocycles. The SMILES string of the molecule is COC(=O)C1CN(CCCC(=O)N2CCOCC2)CC1C. The molecule has 0 aromatic heterocycles. The topological polar surface area (TPSA) is 59.1 Å². The summed E-state index contributed by atoms with van der Waals surface area (Å²) < 4.78 is 10.1. The van der Waals surface area contributed by atoms with Gasteiger partial charge in [0.1, 0.15) is 0 Å². The number of nitrogens with zero attached hydrogens (tertiary/aromatic N) is 2. The summed E-state index contributed by atoms with van der Waals surface area (Å²) in [7, 11) is 1.44. The molecule has 2 fully saturated rings.